The molecule has 3 heteroatoms. The number of nitrogens with zero attached hydrogens (tertiary/aromatic N) is 1. The highest BCUT2D eigenvalue weighted by Crippen LogP contribution is 2.24. The van der Waals surface area contributed by atoms with Crippen LogP contribution in [0.3, 0.4) is 0 Å². The Balaban J connectivity index is 2.20. The number of thiophene rings is 1. The second-order valence-corrected chi connectivity index (χ2v) is 5.01. The van der Waals surface area contributed by atoms with Crippen LogP contribution in [0.15, 0.2) is 35.7 Å². The summed E-state index contributed by atoms with van der Waals surface area (Å²) in [5, 5.41) is 2.11. The molecule has 1 aromatic carbocycles. The van der Waals surface area contributed by atoms with Crippen LogP contribution in [-0.2, 0) is 6.54 Å². The molecule has 0 aliphatic heterocycles. The van der Waals surface area contributed by atoms with Gasteiger partial charge in [-0.2, -0.15) is 0 Å². The third kappa shape index (κ3) is 2.36. The summed E-state index contributed by atoms with van der Waals surface area (Å²) in [6, 6.07) is 10.3. The highest BCUT2D eigenvalue weighted by Gasteiger charge is 2.06. The quantitative estimate of drug-likeness (QED) is 0.823. The average molecular weight is 232 g/mol. The Morgan fingerprint density at radius 1 is 1.31 bits per heavy atom. The zero-order chi connectivity index (χ0) is 11.5. The van der Waals surface area contributed by atoms with Crippen LogP contribution in [0.4, 0.5) is 11.4 Å². The van der Waals surface area contributed by atoms with E-state index in [2.05, 4.69) is 42.5 Å². The normalized spacial score (nSPS) is 10.4. The van der Waals surface area contributed by atoms with Gasteiger partial charge in [-0.05, 0) is 36.1 Å². The standard InChI is InChI=1S/C13H16N2S/c1-10-5-6-11(14)8-13(10)15(2)9-12-4-3-7-16-12/h3-8H,9,14H2,1-2H3. The van der Waals surface area contributed by atoms with Gasteiger partial charge in [0, 0.05) is 23.3 Å². The lowest BCUT2D eigenvalue weighted by Gasteiger charge is -2.21. The van der Waals surface area contributed by atoms with Gasteiger partial charge >= 0.3 is 0 Å². The summed E-state index contributed by atoms with van der Waals surface area (Å²) in [6.45, 7) is 3.04. The number of nitrogen functional groups attached to an aromatic ring is 1. The number of anilines is 2. The van der Waals surface area contributed by atoms with Crippen molar-refractivity contribution in [3.8, 4) is 0 Å². The molecule has 0 saturated heterocycles. The molecule has 84 valence electrons. The van der Waals surface area contributed by atoms with Crippen molar-refractivity contribution in [3.63, 3.8) is 0 Å². The Morgan fingerprint density at radius 2 is 2.12 bits per heavy atom. The molecule has 1 aromatic heterocycles. The Hall–Kier alpha value is -1.48. The van der Waals surface area contributed by atoms with Gasteiger partial charge in [0.05, 0.1) is 6.54 Å². The molecule has 16 heavy (non-hydrogen) atoms. The molecule has 2 aromatic rings. The number of benzene rings is 1. The van der Waals surface area contributed by atoms with E-state index in [0.29, 0.717) is 0 Å². The van der Waals surface area contributed by atoms with Crippen LogP contribution in [0.25, 0.3) is 0 Å². The Labute approximate surface area is 100 Å². The van der Waals surface area contributed by atoms with Crippen molar-refractivity contribution in [1.82, 2.24) is 0 Å². The van der Waals surface area contributed by atoms with Crippen molar-refractivity contribution >= 4 is 22.7 Å². The van der Waals surface area contributed by atoms with E-state index in [0.717, 1.165) is 12.2 Å². The highest BCUT2D eigenvalue weighted by molar-refractivity contribution is 7.09. The van der Waals surface area contributed by atoms with Gasteiger partial charge in [0.25, 0.3) is 0 Å². The third-order valence-electron chi connectivity index (χ3n) is 2.62. The minimum absolute atomic E-state index is 0.818. The van der Waals surface area contributed by atoms with Gasteiger partial charge in [-0.15, -0.1) is 11.3 Å². The van der Waals surface area contributed by atoms with E-state index in [1.165, 1.54) is 16.1 Å². The van der Waals surface area contributed by atoms with Crippen molar-refractivity contribution in [2.45, 2.75) is 13.5 Å². The summed E-state index contributed by atoms with van der Waals surface area (Å²) in [5.74, 6) is 0. The minimum atomic E-state index is 0.818. The Morgan fingerprint density at radius 3 is 2.81 bits per heavy atom. The average Bonchev–Trinajstić information content (AvgIpc) is 2.74. The van der Waals surface area contributed by atoms with Crippen LogP contribution in [0.2, 0.25) is 0 Å². The SMILES string of the molecule is Cc1ccc(N)cc1N(C)Cc1cccs1. The fraction of sp³-hybridized carbons (Fsp3) is 0.231. The van der Waals surface area contributed by atoms with E-state index in [-0.39, 0.29) is 0 Å². The number of aryl methyl sites for hydroxylation is 1. The first-order chi connectivity index (χ1) is 7.66. The summed E-state index contributed by atoms with van der Waals surface area (Å²) < 4.78 is 0. The number of hydrogen-bond acceptors (Lipinski definition) is 3. The van der Waals surface area contributed by atoms with Gasteiger partial charge < -0.3 is 10.6 Å². The van der Waals surface area contributed by atoms with Gasteiger partial charge in [0.1, 0.15) is 0 Å². The van der Waals surface area contributed by atoms with Crippen LogP contribution >= 0.6 is 11.3 Å². The summed E-state index contributed by atoms with van der Waals surface area (Å²) in [7, 11) is 2.10. The second-order valence-electron chi connectivity index (χ2n) is 3.98. The van der Waals surface area contributed by atoms with Crippen LogP contribution < -0.4 is 10.6 Å². The van der Waals surface area contributed by atoms with Crippen molar-refractivity contribution < 1.29 is 0 Å². The maximum Gasteiger partial charge on any atom is 0.0519 e. The summed E-state index contributed by atoms with van der Waals surface area (Å²) in [4.78, 5) is 3.60. The molecule has 0 amide bonds. The summed E-state index contributed by atoms with van der Waals surface area (Å²) >= 11 is 1.78. The van der Waals surface area contributed by atoms with Gasteiger partial charge in [-0.3, -0.25) is 0 Å². The van der Waals surface area contributed by atoms with Crippen LogP contribution in [0.1, 0.15) is 10.4 Å². The lowest BCUT2D eigenvalue weighted by Crippen LogP contribution is -2.16. The van der Waals surface area contributed by atoms with E-state index in [4.69, 9.17) is 5.73 Å². The Bertz CT molecular complexity index is 463. The predicted octanol–water partition coefficient (Wildman–Crippen LogP) is 3.28. The van der Waals surface area contributed by atoms with E-state index in [1.54, 1.807) is 11.3 Å². The van der Waals surface area contributed by atoms with Crippen LogP contribution in [-0.4, -0.2) is 7.05 Å². The van der Waals surface area contributed by atoms with Crippen molar-refractivity contribution in [2.24, 2.45) is 0 Å². The molecule has 0 saturated carbocycles. The summed E-state index contributed by atoms with van der Waals surface area (Å²) in [6.07, 6.45) is 0. The molecule has 0 fully saturated rings. The molecular formula is C13H16N2S. The molecule has 0 spiro atoms. The first-order valence-electron chi connectivity index (χ1n) is 5.26. The Kier molecular flexibility index (Phi) is 3.15. The molecule has 1 heterocycles. The predicted molar refractivity (Wildman–Crippen MR) is 72.0 cm³/mol. The number of rotatable bonds is 3. The van der Waals surface area contributed by atoms with Crippen LogP contribution in [0, 0.1) is 6.92 Å². The van der Waals surface area contributed by atoms with E-state index < -0.39 is 0 Å². The minimum Gasteiger partial charge on any atom is -0.399 e. The largest absolute Gasteiger partial charge is 0.399 e. The molecule has 2 nitrogen and oxygen atoms in total. The topological polar surface area (TPSA) is 29.3 Å². The van der Waals surface area contributed by atoms with E-state index in [9.17, 15) is 0 Å². The fourth-order valence-corrected chi connectivity index (χ4v) is 2.52. The fourth-order valence-electron chi connectivity index (χ4n) is 1.76. The van der Waals surface area contributed by atoms with Gasteiger partial charge in [0.15, 0.2) is 0 Å². The van der Waals surface area contributed by atoms with E-state index in [1.807, 2.05) is 12.1 Å². The first-order valence-corrected chi connectivity index (χ1v) is 6.14. The molecule has 0 atom stereocenters. The molecule has 2 rings (SSSR count). The maximum atomic E-state index is 5.81. The van der Waals surface area contributed by atoms with E-state index >= 15 is 0 Å². The molecule has 0 bridgehead atoms. The number of nitrogens with two attached hydrogens (primary N) is 1. The molecule has 0 radical (unpaired) electrons. The lowest BCUT2D eigenvalue weighted by molar-refractivity contribution is 0.934. The van der Waals surface area contributed by atoms with Gasteiger partial charge in [-0.1, -0.05) is 12.1 Å². The summed E-state index contributed by atoms with van der Waals surface area (Å²) in [5.41, 5.74) is 9.09. The highest BCUT2D eigenvalue weighted by atomic mass is 32.1. The third-order valence-corrected chi connectivity index (χ3v) is 3.48. The number of hydrogen-bond donors (Lipinski definition) is 1. The molecule has 0 unspecified atom stereocenters. The van der Waals surface area contributed by atoms with Gasteiger partial charge in [0.2, 0.25) is 0 Å². The monoisotopic (exact) mass is 232 g/mol. The smallest absolute Gasteiger partial charge is 0.0519 e. The molecule has 0 aliphatic carbocycles. The van der Waals surface area contributed by atoms with Gasteiger partial charge in [-0.25, -0.2) is 0 Å². The zero-order valence-corrected chi connectivity index (χ0v) is 10.4. The van der Waals surface area contributed by atoms with Crippen molar-refractivity contribution in [1.29, 1.82) is 0 Å². The first kappa shape index (κ1) is 11.0. The maximum absolute atomic E-state index is 5.81. The second kappa shape index (κ2) is 4.58. The van der Waals surface area contributed by atoms with Crippen molar-refractivity contribution in [3.05, 3.63) is 46.2 Å². The zero-order valence-electron chi connectivity index (χ0n) is 9.60. The molecule has 2 N–H and O–H groups in total. The lowest BCUT2D eigenvalue weighted by atomic mass is 10.1. The molecular weight excluding hydrogens is 216 g/mol. The van der Waals surface area contributed by atoms with Crippen LogP contribution in [0.5, 0.6) is 0 Å². The molecule has 0 aliphatic rings. The van der Waals surface area contributed by atoms with Crippen molar-refractivity contribution in [2.75, 3.05) is 17.7 Å².